The number of benzene rings is 1. The first-order valence-corrected chi connectivity index (χ1v) is 7.63. The second kappa shape index (κ2) is 8.62. The molecule has 5 nitrogen and oxygen atoms in total. The molecule has 0 radical (unpaired) electrons. The van der Waals surface area contributed by atoms with Gasteiger partial charge in [0.2, 0.25) is 0 Å². The van der Waals surface area contributed by atoms with Crippen molar-refractivity contribution in [1.29, 1.82) is 0 Å². The molecule has 0 spiro atoms. The number of ether oxygens (including phenoxy) is 1. The fourth-order valence-electron chi connectivity index (χ4n) is 2.17. The number of carbonyl (C=O) groups is 2. The molecule has 1 aromatic rings. The minimum absolute atomic E-state index is 0.212. The topological polar surface area (TPSA) is 58.6 Å². The van der Waals surface area contributed by atoms with Crippen LogP contribution in [0.15, 0.2) is 18.2 Å². The predicted octanol–water partition coefficient (Wildman–Crippen LogP) is 2.40. The van der Waals surface area contributed by atoms with Gasteiger partial charge in [-0.05, 0) is 39.8 Å². The molecule has 2 rings (SSSR count). The number of nitrogens with one attached hydrogen (secondary N) is 1. The second-order valence-corrected chi connectivity index (χ2v) is 6.25. The van der Waals surface area contributed by atoms with Crippen LogP contribution in [0.3, 0.4) is 0 Å². The summed E-state index contributed by atoms with van der Waals surface area (Å²) in [5.74, 6) is -0.643. The van der Waals surface area contributed by atoms with Gasteiger partial charge in [-0.25, -0.2) is 4.39 Å². The van der Waals surface area contributed by atoms with E-state index in [2.05, 4.69) is 15.0 Å². The molecule has 1 aliphatic rings. The second-order valence-electron chi connectivity index (χ2n) is 6.25. The number of hydrogen-bond acceptors (Lipinski definition) is 5. The van der Waals surface area contributed by atoms with Crippen LogP contribution in [-0.2, 0) is 9.53 Å². The van der Waals surface area contributed by atoms with Crippen LogP contribution in [0.2, 0.25) is 0 Å². The molecule has 23 heavy (non-hydrogen) atoms. The maximum absolute atomic E-state index is 13.6. The molecule has 0 saturated carbocycles. The highest BCUT2D eigenvalue weighted by atomic mass is 19.1. The van der Waals surface area contributed by atoms with Crippen LogP contribution in [0.1, 0.15) is 38.1 Å². The summed E-state index contributed by atoms with van der Waals surface area (Å²) < 4.78 is 18.1. The summed E-state index contributed by atoms with van der Waals surface area (Å²) in [7, 11) is 0. The van der Waals surface area contributed by atoms with E-state index < -0.39 is 5.82 Å². The Labute approximate surface area is 136 Å². The molecule has 0 aliphatic carbocycles. The fourth-order valence-corrected chi connectivity index (χ4v) is 2.17. The lowest BCUT2D eigenvalue weighted by Crippen LogP contribution is -2.44. The van der Waals surface area contributed by atoms with Gasteiger partial charge in [0.1, 0.15) is 11.4 Å². The van der Waals surface area contributed by atoms with E-state index in [4.69, 9.17) is 0 Å². The van der Waals surface area contributed by atoms with Gasteiger partial charge in [0.15, 0.2) is 5.78 Å². The Morgan fingerprint density at radius 1 is 1.30 bits per heavy atom. The van der Waals surface area contributed by atoms with Crippen LogP contribution >= 0.6 is 0 Å². The molecule has 1 aromatic carbocycles. The molecule has 1 fully saturated rings. The van der Waals surface area contributed by atoms with Gasteiger partial charge in [-0.1, -0.05) is 6.07 Å². The normalized spacial score (nSPS) is 14.6. The average molecular weight is 324 g/mol. The van der Waals surface area contributed by atoms with E-state index >= 15 is 0 Å². The third-order valence-corrected chi connectivity index (χ3v) is 3.20. The van der Waals surface area contributed by atoms with E-state index in [0.717, 1.165) is 26.2 Å². The fraction of sp³-hybridized carbons (Fsp3) is 0.529. The van der Waals surface area contributed by atoms with Crippen molar-refractivity contribution in [3.63, 3.8) is 0 Å². The Morgan fingerprint density at radius 2 is 1.91 bits per heavy atom. The van der Waals surface area contributed by atoms with Crippen molar-refractivity contribution in [2.75, 3.05) is 31.1 Å². The Morgan fingerprint density at radius 3 is 2.35 bits per heavy atom. The smallest absolute Gasteiger partial charge is 0.293 e. The number of nitrogens with zero attached hydrogens (tertiary/aromatic N) is 1. The number of carbonyl (C=O) groups excluding carboxylic acids is 2. The van der Waals surface area contributed by atoms with E-state index in [0.29, 0.717) is 12.2 Å². The third kappa shape index (κ3) is 6.36. The van der Waals surface area contributed by atoms with Crippen LogP contribution in [0.25, 0.3) is 0 Å². The highest BCUT2D eigenvalue weighted by Gasteiger charge is 2.19. The van der Waals surface area contributed by atoms with Gasteiger partial charge in [0.25, 0.3) is 6.47 Å². The van der Waals surface area contributed by atoms with Crippen molar-refractivity contribution in [2.24, 2.45) is 0 Å². The van der Waals surface area contributed by atoms with E-state index in [1.807, 2.05) is 26.8 Å². The van der Waals surface area contributed by atoms with Gasteiger partial charge in [0, 0.05) is 26.2 Å². The molecule has 128 valence electrons. The van der Waals surface area contributed by atoms with Crippen molar-refractivity contribution in [3.05, 3.63) is 29.6 Å². The first-order chi connectivity index (χ1) is 10.8. The van der Waals surface area contributed by atoms with Crippen LogP contribution in [-0.4, -0.2) is 44.0 Å². The van der Waals surface area contributed by atoms with Crippen molar-refractivity contribution in [2.45, 2.75) is 33.3 Å². The summed E-state index contributed by atoms with van der Waals surface area (Å²) in [6.07, 6.45) is 0. The zero-order valence-electron chi connectivity index (χ0n) is 14.2. The minimum atomic E-state index is -0.427. The molecule has 0 bridgehead atoms. The largest absolute Gasteiger partial charge is 0.462 e. The minimum Gasteiger partial charge on any atom is -0.462 e. The quantitative estimate of drug-likeness (QED) is 0.683. The maximum atomic E-state index is 13.6. The first kappa shape index (κ1) is 19.1. The lowest BCUT2D eigenvalue weighted by atomic mass is 10.1. The lowest BCUT2D eigenvalue weighted by molar-refractivity contribution is -0.138. The number of Topliss-reactive ketones (excluding diaryl/α,β-unsaturated/α-hetero) is 1. The summed E-state index contributed by atoms with van der Waals surface area (Å²) in [5, 5.41) is 3.23. The van der Waals surface area contributed by atoms with E-state index in [1.165, 1.54) is 13.0 Å². The molecule has 0 unspecified atom stereocenters. The number of halogens is 1. The number of piperazine rings is 1. The van der Waals surface area contributed by atoms with E-state index in [-0.39, 0.29) is 16.9 Å². The van der Waals surface area contributed by atoms with Gasteiger partial charge < -0.3 is 15.0 Å². The van der Waals surface area contributed by atoms with Crippen molar-refractivity contribution in [1.82, 2.24) is 5.32 Å². The molecule has 1 saturated heterocycles. The van der Waals surface area contributed by atoms with Crippen LogP contribution in [0, 0.1) is 5.82 Å². The monoisotopic (exact) mass is 324 g/mol. The Balaban J connectivity index is 0.000000322. The molecule has 0 amide bonds. The van der Waals surface area contributed by atoms with Gasteiger partial charge in [-0.15, -0.1) is 0 Å². The van der Waals surface area contributed by atoms with Crippen molar-refractivity contribution >= 4 is 17.9 Å². The predicted molar refractivity (Wildman–Crippen MR) is 88.4 cm³/mol. The Bertz CT molecular complexity index is 535. The standard InChI is InChI=1S/C12H15FN2O.C5H10O2/c1-9(16)12-10(13)3-2-4-11(12)15-7-5-14-6-8-15;1-5(2,3)7-4-6/h2-4,14H,5-8H2,1H3;4H,1-3H3. The van der Waals surface area contributed by atoms with Gasteiger partial charge in [0.05, 0.1) is 11.3 Å². The van der Waals surface area contributed by atoms with Crippen LogP contribution < -0.4 is 10.2 Å². The zero-order chi connectivity index (χ0) is 17.5. The van der Waals surface area contributed by atoms with E-state index in [9.17, 15) is 14.0 Å². The van der Waals surface area contributed by atoms with Gasteiger partial charge >= 0.3 is 0 Å². The first-order valence-electron chi connectivity index (χ1n) is 7.63. The van der Waals surface area contributed by atoms with Crippen molar-refractivity contribution < 1.29 is 18.7 Å². The molecule has 0 aromatic heterocycles. The summed E-state index contributed by atoms with van der Waals surface area (Å²) in [6, 6.07) is 4.80. The van der Waals surface area contributed by atoms with Gasteiger partial charge in [-0.3, -0.25) is 9.59 Å². The summed E-state index contributed by atoms with van der Waals surface area (Å²) >= 11 is 0. The molecule has 1 aliphatic heterocycles. The molecule has 6 heteroatoms. The number of ketones is 1. The highest BCUT2D eigenvalue weighted by molar-refractivity contribution is 6.00. The Hall–Kier alpha value is -1.95. The zero-order valence-corrected chi connectivity index (χ0v) is 14.2. The van der Waals surface area contributed by atoms with Crippen LogP contribution in [0.5, 0.6) is 0 Å². The number of rotatable bonds is 3. The molecule has 0 atom stereocenters. The summed E-state index contributed by atoms with van der Waals surface area (Å²) in [5.41, 5.74) is 0.611. The summed E-state index contributed by atoms with van der Waals surface area (Å²) in [4.78, 5) is 23.1. The highest BCUT2D eigenvalue weighted by Crippen LogP contribution is 2.24. The number of hydrogen-bond donors (Lipinski definition) is 1. The Kier molecular flexibility index (Phi) is 7.16. The van der Waals surface area contributed by atoms with Crippen LogP contribution in [0.4, 0.5) is 10.1 Å². The molecular formula is C17H25FN2O3. The van der Waals surface area contributed by atoms with E-state index in [1.54, 1.807) is 6.07 Å². The van der Waals surface area contributed by atoms with Crippen molar-refractivity contribution in [3.8, 4) is 0 Å². The molecular weight excluding hydrogens is 299 g/mol. The maximum Gasteiger partial charge on any atom is 0.293 e. The summed E-state index contributed by atoms with van der Waals surface area (Å²) in [6.45, 7) is 10.7. The lowest BCUT2D eigenvalue weighted by Gasteiger charge is -2.30. The number of anilines is 1. The molecule has 1 N–H and O–H groups in total. The SMILES string of the molecule is CC(=O)c1c(F)cccc1N1CCNCC1.CC(C)(C)OC=O. The van der Waals surface area contributed by atoms with Gasteiger partial charge in [-0.2, -0.15) is 0 Å². The third-order valence-electron chi connectivity index (χ3n) is 3.20. The average Bonchev–Trinajstić information content (AvgIpc) is 2.47. The molecule has 1 heterocycles.